The number of hydrogen-bond acceptors (Lipinski definition) is 6. The van der Waals surface area contributed by atoms with E-state index in [1.54, 1.807) is 0 Å². The van der Waals surface area contributed by atoms with Crippen molar-refractivity contribution in [3.8, 4) is 0 Å². The Morgan fingerprint density at radius 1 is 1.14 bits per heavy atom. The van der Waals surface area contributed by atoms with Crippen LogP contribution in [0.15, 0.2) is 31.1 Å². The summed E-state index contributed by atoms with van der Waals surface area (Å²) >= 11 is 0. The fourth-order valence-corrected chi connectivity index (χ4v) is 2.58. The Labute approximate surface area is 121 Å². The molecule has 1 aliphatic rings. The van der Waals surface area contributed by atoms with Gasteiger partial charge < -0.3 is 10.0 Å². The fourth-order valence-electron chi connectivity index (χ4n) is 2.58. The van der Waals surface area contributed by atoms with E-state index >= 15 is 0 Å². The average molecular weight is 285 g/mol. The number of carbonyl (C=O) groups is 1. The molecule has 0 spiro atoms. The molecule has 7 nitrogen and oxygen atoms in total. The van der Waals surface area contributed by atoms with Crippen LogP contribution in [0.2, 0.25) is 0 Å². The van der Waals surface area contributed by atoms with Crippen LogP contribution in [-0.2, 0) is 0 Å². The van der Waals surface area contributed by atoms with E-state index in [2.05, 4.69) is 24.8 Å². The second kappa shape index (κ2) is 5.82. The zero-order valence-electron chi connectivity index (χ0n) is 11.4. The molecule has 3 rings (SSSR count). The van der Waals surface area contributed by atoms with Crippen LogP contribution >= 0.6 is 0 Å². The molecule has 0 saturated carbocycles. The van der Waals surface area contributed by atoms with E-state index in [1.807, 2.05) is 12.4 Å². The molecule has 1 atom stereocenters. The number of nitrogens with zero attached hydrogens (tertiary/aromatic N) is 5. The van der Waals surface area contributed by atoms with Crippen LogP contribution < -0.4 is 4.90 Å². The quantitative estimate of drug-likeness (QED) is 0.917. The highest BCUT2D eigenvalue weighted by Crippen LogP contribution is 2.32. The van der Waals surface area contributed by atoms with Crippen LogP contribution in [0.4, 0.5) is 5.95 Å². The van der Waals surface area contributed by atoms with Crippen LogP contribution in [-0.4, -0.2) is 37.6 Å². The van der Waals surface area contributed by atoms with Crippen molar-refractivity contribution in [3.63, 3.8) is 0 Å². The van der Waals surface area contributed by atoms with Crippen molar-refractivity contribution in [3.05, 3.63) is 42.2 Å². The van der Waals surface area contributed by atoms with Gasteiger partial charge in [0.2, 0.25) is 5.95 Å². The molecule has 1 N–H and O–H groups in total. The molecule has 1 aliphatic heterocycles. The lowest BCUT2D eigenvalue weighted by Crippen LogP contribution is -2.34. The van der Waals surface area contributed by atoms with E-state index in [4.69, 9.17) is 5.11 Å². The molecule has 1 unspecified atom stereocenters. The van der Waals surface area contributed by atoms with Gasteiger partial charge in [-0.2, -0.15) is 0 Å². The first-order valence-electron chi connectivity index (χ1n) is 6.82. The Balaban J connectivity index is 1.89. The summed E-state index contributed by atoms with van der Waals surface area (Å²) in [6.07, 6.45) is 11.0. The third-order valence-electron chi connectivity index (χ3n) is 3.61. The summed E-state index contributed by atoms with van der Waals surface area (Å²) in [5, 5.41) is 8.91. The lowest BCUT2D eigenvalue weighted by Gasteiger charge is -2.35. The third-order valence-corrected chi connectivity index (χ3v) is 3.61. The van der Waals surface area contributed by atoms with Gasteiger partial charge in [0.15, 0.2) is 0 Å². The van der Waals surface area contributed by atoms with Gasteiger partial charge >= 0.3 is 5.97 Å². The second-order valence-corrected chi connectivity index (χ2v) is 4.95. The van der Waals surface area contributed by atoms with Gasteiger partial charge in [-0.3, -0.25) is 0 Å². The predicted octanol–water partition coefficient (Wildman–Crippen LogP) is 1.70. The van der Waals surface area contributed by atoms with Crippen LogP contribution in [0, 0.1) is 0 Å². The van der Waals surface area contributed by atoms with Gasteiger partial charge in [0.1, 0.15) is 6.33 Å². The van der Waals surface area contributed by atoms with Crippen molar-refractivity contribution in [1.82, 2.24) is 19.9 Å². The molecule has 2 aromatic heterocycles. The summed E-state index contributed by atoms with van der Waals surface area (Å²) in [5.74, 6) is -0.471. The van der Waals surface area contributed by atoms with Crippen molar-refractivity contribution in [1.29, 1.82) is 0 Å². The van der Waals surface area contributed by atoms with Gasteiger partial charge in [0.25, 0.3) is 0 Å². The van der Waals surface area contributed by atoms with E-state index in [-0.39, 0.29) is 11.6 Å². The molecule has 21 heavy (non-hydrogen) atoms. The molecule has 0 radical (unpaired) electrons. The predicted molar refractivity (Wildman–Crippen MR) is 75.0 cm³/mol. The molecule has 7 heteroatoms. The maximum absolute atomic E-state index is 10.9. The van der Waals surface area contributed by atoms with E-state index in [9.17, 15) is 4.79 Å². The Morgan fingerprint density at radius 3 is 2.52 bits per heavy atom. The number of aromatic nitrogens is 4. The standard InChI is InChI=1S/C14H15N5O2/c20-13(21)11-7-17-14(18-8-11)19-4-2-1-3-12(19)10-5-15-9-16-6-10/h5-9,12H,1-4H2,(H,20,21). The lowest BCUT2D eigenvalue weighted by molar-refractivity contribution is 0.0696. The highest BCUT2D eigenvalue weighted by Gasteiger charge is 2.26. The minimum absolute atomic E-state index is 0.0929. The Hall–Kier alpha value is -2.57. The first-order valence-corrected chi connectivity index (χ1v) is 6.82. The number of anilines is 1. The van der Waals surface area contributed by atoms with Gasteiger partial charge in [-0.05, 0) is 19.3 Å². The molecule has 108 valence electrons. The largest absolute Gasteiger partial charge is 0.478 e. The van der Waals surface area contributed by atoms with Crippen LogP contribution in [0.3, 0.4) is 0 Å². The van der Waals surface area contributed by atoms with Gasteiger partial charge in [0, 0.05) is 36.9 Å². The number of carboxylic acid groups (broad SMARTS) is 1. The SMILES string of the molecule is O=C(O)c1cnc(N2CCCCC2c2cncnc2)nc1. The van der Waals surface area contributed by atoms with Crippen molar-refractivity contribution < 1.29 is 9.90 Å². The summed E-state index contributed by atoms with van der Waals surface area (Å²) in [4.78, 5) is 29.5. The topological polar surface area (TPSA) is 92.1 Å². The van der Waals surface area contributed by atoms with Crippen LogP contribution in [0.5, 0.6) is 0 Å². The molecular formula is C14H15N5O2. The zero-order valence-corrected chi connectivity index (χ0v) is 11.4. The summed E-state index contributed by atoms with van der Waals surface area (Å²) in [6, 6.07) is 0.135. The van der Waals surface area contributed by atoms with Crippen molar-refractivity contribution in [2.24, 2.45) is 0 Å². The maximum Gasteiger partial charge on any atom is 0.338 e. The number of carboxylic acids is 1. The van der Waals surface area contributed by atoms with Crippen molar-refractivity contribution in [2.45, 2.75) is 25.3 Å². The molecule has 1 fully saturated rings. The molecule has 2 aromatic rings. The van der Waals surface area contributed by atoms with Gasteiger partial charge in [0.05, 0.1) is 11.6 Å². The smallest absolute Gasteiger partial charge is 0.338 e. The summed E-state index contributed by atoms with van der Waals surface area (Å²) in [5.41, 5.74) is 1.12. The van der Waals surface area contributed by atoms with E-state index in [0.29, 0.717) is 5.95 Å². The molecule has 1 saturated heterocycles. The first-order chi connectivity index (χ1) is 10.3. The minimum Gasteiger partial charge on any atom is -0.478 e. The molecule has 0 bridgehead atoms. The fraction of sp³-hybridized carbons (Fsp3) is 0.357. The third kappa shape index (κ3) is 2.81. The normalized spacial score (nSPS) is 18.5. The maximum atomic E-state index is 10.9. The van der Waals surface area contributed by atoms with Crippen LogP contribution in [0.25, 0.3) is 0 Å². The molecule has 0 amide bonds. The highest BCUT2D eigenvalue weighted by atomic mass is 16.4. The lowest BCUT2D eigenvalue weighted by atomic mass is 9.98. The Kier molecular flexibility index (Phi) is 3.72. The molecule has 0 aromatic carbocycles. The number of hydrogen-bond donors (Lipinski definition) is 1. The second-order valence-electron chi connectivity index (χ2n) is 4.95. The van der Waals surface area contributed by atoms with E-state index < -0.39 is 5.97 Å². The Bertz CT molecular complexity index is 617. The number of rotatable bonds is 3. The minimum atomic E-state index is -1.02. The number of piperidine rings is 1. The molecular weight excluding hydrogens is 270 g/mol. The summed E-state index contributed by atoms with van der Waals surface area (Å²) in [6.45, 7) is 0.839. The van der Waals surface area contributed by atoms with E-state index in [1.165, 1.54) is 18.7 Å². The van der Waals surface area contributed by atoms with Gasteiger partial charge in [-0.25, -0.2) is 24.7 Å². The summed E-state index contributed by atoms with van der Waals surface area (Å²) in [7, 11) is 0. The number of aromatic carboxylic acids is 1. The average Bonchev–Trinajstić information content (AvgIpc) is 2.56. The first kappa shape index (κ1) is 13.4. The molecule has 0 aliphatic carbocycles. The monoisotopic (exact) mass is 285 g/mol. The highest BCUT2D eigenvalue weighted by molar-refractivity contribution is 5.86. The van der Waals surface area contributed by atoms with Crippen molar-refractivity contribution >= 4 is 11.9 Å². The van der Waals surface area contributed by atoms with Gasteiger partial charge in [-0.1, -0.05) is 0 Å². The van der Waals surface area contributed by atoms with Crippen molar-refractivity contribution in [2.75, 3.05) is 11.4 Å². The summed E-state index contributed by atoms with van der Waals surface area (Å²) < 4.78 is 0. The zero-order chi connectivity index (χ0) is 14.7. The van der Waals surface area contributed by atoms with Gasteiger partial charge in [-0.15, -0.1) is 0 Å². The van der Waals surface area contributed by atoms with Crippen LogP contribution in [0.1, 0.15) is 41.2 Å². The van der Waals surface area contributed by atoms with E-state index in [0.717, 1.165) is 31.4 Å². The molecule has 3 heterocycles. The Morgan fingerprint density at radius 2 is 1.86 bits per heavy atom.